The molecule has 1 heterocycles. The smallest absolute Gasteiger partial charge is 0.178 e. The van der Waals surface area contributed by atoms with E-state index in [-0.39, 0.29) is 0 Å². The van der Waals surface area contributed by atoms with Crippen LogP contribution in [0.5, 0.6) is 0 Å². The minimum atomic E-state index is -0.451. The van der Waals surface area contributed by atoms with Gasteiger partial charge in [-0.15, -0.1) is 0 Å². The molecule has 2 heteroatoms. The predicted octanol–water partition coefficient (Wildman–Crippen LogP) is 2.02. The Kier molecular flexibility index (Phi) is 3.32. The van der Waals surface area contributed by atoms with Gasteiger partial charge in [0, 0.05) is 11.6 Å². The Morgan fingerprint density at radius 2 is 1.88 bits per heavy atom. The molecule has 82 valence electrons. The van der Waals surface area contributed by atoms with E-state index in [2.05, 4.69) is 0 Å². The van der Waals surface area contributed by atoms with Gasteiger partial charge in [0.25, 0.3) is 0 Å². The average molecular weight is 214 g/mol. The first-order valence-corrected chi connectivity index (χ1v) is 5.44. The van der Waals surface area contributed by atoms with Crippen LogP contribution in [0.3, 0.4) is 0 Å². The maximum absolute atomic E-state index is 10.0. The SMILES string of the molecule is Cc1ccc[n+](CC(O)c2ccccc2)c1. The van der Waals surface area contributed by atoms with Crippen molar-refractivity contribution in [2.75, 3.05) is 0 Å². The Labute approximate surface area is 95.8 Å². The summed E-state index contributed by atoms with van der Waals surface area (Å²) in [5, 5.41) is 10.0. The summed E-state index contributed by atoms with van der Waals surface area (Å²) in [5.74, 6) is 0. The largest absolute Gasteiger partial charge is 0.382 e. The number of hydrogen-bond donors (Lipinski definition) is 1. The lowest BCUT2D eigenvalue weighted by Crippen LogP contribution is -2.36. The van der Waals surface area contributed by atoms with Gasteiger partial charge < -0.3 is 5.11 Å². The molecule has 1 atom stereocenters. The van der Waals surface area contributed by atoms with Gasteiger partial charge in [-0.1, -0.05) is 30.3 Å². The number of benzene rings is 1. The fraction of sp³-hybridized carbons (Fsp3) is 0.214. The Balaban J connectivity index is 2.11. The molecule has 2 rings (SSSR count). The molecule has 16 heavy (non-hydrogen) atoms. The minimum Gasteiger partial charge on any atom is -0.382 e. The molecule has 0 amide bonds. The van der Waals surface area contributed by atoms with Crippen molar-refractivity contribution in [1.82, 2.24) is 0 Å². The molecule has 0 aliphatic rings. The molecular weight excluding hydrogens is 198 g/mol. The quantitative estimate of drug-likeness (QED) is 0.776. The topological polar surface area (TPSA) is 24.1 Å². The van der Waals surface area contributed by atoms with Crippen LogP contribution in [-0.2, 0) is 6.54 Å². The Morgan fingerprint density at radius 3 is 2.56 bits per heavy atom. The number of aromatic nitrogens is 1. The van der Waals surface area contributed by atoms with Gasteiger partial charge in [0.15, 0.2) is 18.9 Å². The Hall–Kier alpha value is -1.67. The van der Waals surface area contributed by atoms with Crippen LogP contribution in [0, 0.1) is 6.92 Å². The Morgan fingerprint density at radius 1 is 1.12 bits per heavy atom. The van der Waals surface area contributed by atoms with Crippen LogP contribution < -0.4 is 4.57 Å². The molecule has 0 spiro atoms. The van der Waals surface area contributed by atoms with E-state index >= 15 is 0 Å². The molecule has 0 aliphatic carbocycles. The van der Waals surface area contributed by atoms with Crippen molar-refractivity contribution in [3.63, 3.8) is 0 Å². The van der Waals surface area contributed by atoms with E-state index in [1.54, 1.807) is 0 Å². The summed E-state index contributed by atoms with van der Waals surface area (Å²) in [4.78, 5) is 0. The van der Waals surface area contributed by atoms with Crippen LogP contribution in [0.2, 0.25) is 0 Å². The van der Waals surface area contributed by atoms with Crippen LogP contribution in [0.1, 0.15) is 17.2 Å². The van der Waals surface area contributed by atoms with Crippen molar-refractivity contribution < 1.29 is 9.67 Å². The second-order valence-electron chi connectivity index (χ2n) is 4.00. The highest BCUT2D eigenvalue weighted by atomic mass is 16.3. The lowest BCUT2D eigenvalue weighted by atomic mass is 10.1. The highest BCUT2D eigenvalue weighted by molar-refractivity contribution is 5.16. The number of rotatable bonds is 3. The molecule has 2 nitrogen and oxygen atoms in total. The van der Waals surface area contributed by atoms with Crippen LogP contribution in [-0.4, -0.2) is 5.11 Å². The van der Waals surface area contributed by atoms with E-state index in [1.165, 1.54) is 5.56 Å². The zero-order valence-electron chi connectivity index (χ0n) is 9.38. The van der Waals surface area contributed by atoms with Gasteiger partial charge >= 0.3 is 0 Å². The summed E-state index contributed by atoms with van der Waals surface area (Å²) in [5.41, 5.74) is 2.15. The normalized spacial score (nSPS) is 12.4. The number of hydrogen-bond acceptors (Lipinski definition) is 1. The molecule has 0 aliphatic heterocycles. The predicted molar refractivity (Wildman–Crippen MR) is 62.8 cm³/mol. The van der Waals surface area contributed by atoms with Crippen LogP contribution in [0.25, 0.3) is 0 Å². The van der Waals surface area contributed by atoms with Crippen molar-refractivity contribution in [2.24, 2.45) is 0 Å². The van der Waals surface area contributed by atoms with Crippen molar-refractivity contribution in [1.29, 1.82) is 0 Å². The number of aliphatic hydroxyl groups is 1. The monoisotopic (exact) mass is 214 g/mol. The van der Waals surface area contributed by atoms with E-state index in [0.29, 0.717) is 6.54 Å². The molecular formula is C14H16NO+. The van der Waals surface area contributed by atoms with E-state index in [9.17, 15) is 5.11 Å². The highest BCUT2D eigenvalue weighted by Crippen LogP contribution is 2.11. The highest BCUT2D eigenvalue weighted by Gasteiger charge is 2.12. The van der Waals surface area contributed by atoms with Crippen molar-refractivity contribution in [2.45, 2.75) is 19.6 Å². The fourth-order valence-corrected chi connectivity index (χ4v) is 1.75. The lowest BCUT2D eigenvalue weighted by Gasteiger charge is -2.07. The molecule has 1 aromatic carbocycles. The minimum absolute atomic E-state index is 0.451. The first-order valence-electron chi connectivity index (χ1n) is 5.44. The zero-order chi connectivity index (χ0) is 11.4. The summed E-state index contributed by atoms with van der Waals surface area (Å²) >= 11 is 0. The molecule has 1 aromatic heterocycles. The van der Waals surface area contributed by atoms with Gasteiger partial charge in [-0.25, -0.2) is 4.57 Å². The standard InChI is InChI=1S/C14H16NO/c1-12-6-5-9-15(10-12)11-14(16)13-7-3-2-4-8-13/h2-10,14,16H,11H2,1H3/q+1. The first-order chi connectivity index (χ1) is 7.75. The van der Waals surface area contributed by atoms with Crippen molar-refractivity contribution in [3.8, 4) is 0 Å². The summed E-state index contributed by atoms with van der Waals surface area (Å²) < 4.78 is 2.01. The van der Waals surface area contributed by atoms with Gasteiger partial charge in [-0.2, -0.15) is 0 Å². The van der Waals surface area contributed by atoms with Gasteiger partial charge in [0.2, 0.25) is 0 Å². The van der Waals surface area contributed by atoms with E-state index in [4.69, 9.17) is 0 Å². The summed E-state index contributed by atoms with van der Waals surface area (Å²) in [6.45, 7) is 2.64. The van der Waals surface area contributed by atoms with Crippen LogP contribution >= 0.6 is 0 Å². The number of nitrogens with zero attached hydrogens (tertiary/aromatic N) is 1. The molecule has 0 fully saturated rings. The van der Waals surface area contributed by atoms with Gasteiger partial charge in [0.1, 0.15) is 6.10 Å². The number of aryl methyl sites for hydroxylation is 1. The second kappa shape index (κ2) is 4.90. The molecule has 0 saturated carbocycles. The van der Waals surface area contributed by atoms with Gasteiger partial charge in [-0.05, 0) is 18.6 Å². The van der Waals surface area contributed by atoms with Gasteiger partial charge in [-0.3, -0.25) is 0 Å². The van der Waals surface area contributed by atoms with Crippen LogP contribution in [0.15, 0.2) is 54.9 Å². The third-order valence-electron chi connectivity index (χ3n) is 2.57. The maximum Gasteiger partial charge on any atom is 0.178 e. The van der Waals surface area contributed by atoms with E-state index in [0.717, 1.165) is 5.56 Å². The average Bonchev–Trinajstić information content (AvgIpc) is 2.30. The maximum atomic E-state index is 10.0. The second-order valence-corrected chi connectivity index (χ2v) is 4.00. The number of pyridine rings is 1. The van der Waals surface area contributed by atoms with Crippen LogP contribution in [0.4, 0.5) is 0 Å². The molecule has 1 N–H and O–H groups in total. The van der Waals surface area contributed by atoms with Crippen molar-refractivity contribution >= 4 is 0 Å². The third kappa shape index (κ3) is 2.67. The molecule has 1 unspecified atom stereocenters. The molecule has 0 bridgehead atoms. The van der Waals surface area contributed by atoms with Crippen molar-refractivity contribution in [3.05, 3.63) is 66.0 Å². The summed E-state index contributed by atoms with van der Waals surface area (Å²) in [7, 11) is 0. The first kappa shape index (κ1) is 10.8. The Bertz CT molecular complexity index is 453. The van der Waals surface area contributed by atoms with E-state index in [1.807, 2.05) is 66.3 Å². The fourth-order valence-electron chi connectivity index (χ4n) is 1.75. The van der Waals surface area contributed by atoms with Gasteiger partial charge in [0.05, 0.1) is 0 Å². The molecule has 0 radical (unpaired) electrons. The number of aliphatic hydroxyl groups excluding tert-OH is 1. The summed E-state index contributed by atoms with van der Waals surface area (Å²) in [6, 6.07) is 13.8. The lowest BCUT2D eigenvalue weighted by molar-refractivity contribution is -0.705. The van der Waals surface area contributed by atoms with E-state index < -0.39 is 6.10 Å². The summed E-state index contributed by atoms with van der Waals surface area (Å²) in [6.07, 6.45) is 3.55. The zero-order valence-corrected chi connectivity index (χ0v) is 9.38. The molecule has 2 aromatic rings. The molecule has 0 saturated heterocycles. The third-order valence-corrected chi connectivity index (χ3v) is 2.57.